The molecule has 6 nitrogen and oxygen atoms in total. The van der Waals surface area contributed by atoms with Crippen LogP contribution in [0.5, 0.6) is 0 Å². The normalized spacial score (nSPS) is 11.7. The van der Waals surface area contributed by atoms with Crippen molar-refractivity contribution in [3.63, 3.8) is 0 Å². The zero-order valence-electron chi connectivity index (χ0n) is 10.6. The van der Waals surface area contributed by atoms with Gasteiger partial charge < -0.3 is 20.3 Å². The first-order valence-corrected chi connectivity index (χ1v) is 5.83. The number of para-hydroxylation sites is 1. The van der Waals surface area contributed by atoms with Crippen molar-refractivity contribution in [3.8, 4) is 0 Å². The molecule has 0 radical (unpaired) electrons. The van der Waals surface area contributed by atoms with Crippen molar-refractivity contribution in [3.05, 3.63) is 29.8 Å². The van der Waals surface area contributed by atoms with Gasteiger partial charge in [-0.15, -0.1) is 0 Å². The lowest BCUT2D eigenvalue weighted by molar-refractivity contribution is -0.120. The number of anilines is 1. The average molecular weight is 267 g/mol. The third kappa shape index (κ3) is 5.07. The Kier molecular flexibility index (Phi) is 5.98. The van der Waals surface area contributed by atoms with Crippen LogP contribution in [0.4, 0.5) is 5.69 Å². The van der Waals surface area contributed by atoms with E-state index in [1.165, 1.54) is 6.92 Å². The molecule has 19 heavy (non-hydrogen) atoms. The monoisotopic (exact) mass is 267 g/mol. The Bertz CT molecular complexity index is 446. The summed E-state index contributed by atoms with van der Waals surface area (Å²) in [6, 6.07) is 6.58. The number of hydrogen-bond acceptors (Lipinski definition) is 6. The first-order chi connectivity index (χ1) is 9.04. The molecule has 3 N–H and O–H groups in total. The van der Waals surface area contributed by atoms with Crippen molar-refractivity contribution in [2.75, 3.05) is 25.1 Å². The number of carbonyl (C=O) groups is 2. The largest absolute Gasteiger partial charge is 0.454 e. The van der Waals surface area contributed by atoms with Crippen LogP contribution in [-0.4, -0.2) is 47.8 Å². The molecule has 0 amide bonds. The van der Waals surface area contributed by atoms with Crippen LogP contribution >= 0.6 is 0 Å². The van der Waals surface area contributed by atoms with E-state index in [-0.39, 0.29) is 31.1 Å². The number of carbonyl (C=O) groups excluding carboxylic acids is 2. The minimum Gasteiger partial charge on any atom is -0.454 e. The highest BCUT2D eigenvalue weighted by Gasteiger charge is 2.13. The topological polar surface area (TPSA) is 95.9 Å². The first kappa shape index (κ1) is 15.1. The van der Waals surface area contributed by atoms with Gasteiger partial charge in [0.25, 0.3) is 0 Å². The van der Waals surface area contributed by atoms with Crippen molar-refractivity contribution in [1.82, 2.24) is 0 Å². The van der Waals surface area contributed by atoms with Crippen molar-refractivity contribution >= 4 is 17.4 Å². The van der Waals surface area contributed by atoms with Gasteiger partial charge in [0.05, 0.1) is 18.3 Å². The van der Waals surface area contributed by atoms with E-state index >= 15 is 0 Å². The Labute approximate surface area is 111 Å². The van der Waals surface area contributed by atoms with E-state index in [1.54, 1.807) is 24.3 Å². The van der Waals surface area contributed by atoms with Crippen LogP contribution < -0.4 is 5.32 Å². The summed E-state index contributed by atoms with van der Waals surface area (Å²) in [5.74, 6) is -0.855. The van der Waals surface area contributed by atoms with Gasteiger partial charge in [-0.25, -0.2) is 4.79 Å². The van der Waals surface area contributed by atoms with E-state index < -0.39 is 12.1 Å². The van der Waals surface area contributed by atoms with Crippen molar-refractivity contribution < 1.29 is 24.5 Å². The maximum Gasteiger partial charge on any atom is 0.340 e. The third-order valence-corrected chi connectivity index (χ3v) is 2.29. The zero-order chi connectivity index (χ0) is 14.3. The van der Waals surface area contributed by atoms with Crippen molar-refractivity contribution in [1.29, 1.82) is 0 Å². The molecule has 6 heteroatoms. The Morgan fingerprint density at radius 1 is 1.37 bits per heavy atom. The van der Waals surface area contributed by atoms with Crippen LogP contribution in [0.3, 0.4) is 0 Å². The van der Waals surface area contributed by atoms with Crippen LogP contribution in [0, 0.1) is 0 Å². The molecule has 104 valence electrons. The number of nitrogens with one attached hydrogen (secondary N) is 1. The van der Waals surface area contributed by atoms with Crippen molar-refractivity contribution in [2.45, 2.75) is 13.0 Å². The number of esters is 1. The quantitative estimate of drug-likeness (QED) is 0.611. The van der Waals surface area contributed by atoms with E-state index in [4.69, 9.17) is 9.84 Å². The minimum atomic E-state index is -0.915. The summed E-state index contributed by atoms with van der Waals surface area (Å²) in [5.41, 5.74) is 0.748. The molecule has 1 aromatic rings. The van der Waals surface area contributed by atoms with E-state index in [2.05, 4.69) is 5.32 Å². The highest BCUT2D eigenvalue weighted by Crippen LogP contribution is 2.16. The van der Waals surface area contributed by atoms with Gasteiger partial charge in [0, 0.05) is 12.2 Å². The van der Waals surface area contributed by atoms with E-state index in [1.807, 2.05) is 0 Å². The van der Waals surface area contributed by atoms with Gasteiger partial charge in [0.15, 0.2) is 5.78 Å². The third-order valence-electron chi connectivity index (χ3n) is 2.29. The van der Waals surface area contributed by atoms with E-state index in [9.17, 15) is 14.7 Å². The summed E-state index contributed by atoms with van der Waals surface area (Å²) in [4.78, 5) is 22.5. The SMILES string of the molecule is CC(=O)COC(=O)c1ccccc1NCC(O)CO. The van der Waals surface area contributed by atoms with Gasteiger partial charge in [-0.05, 0) is 19.1 Å². The summed E-state index contributed by atoms with van der Waals surface area (Å²) >= 11 is 0. The highest BCUT2D eigenvalue weighted by atomic mass is 16.5. The second kappa shape index (κ2) is 7.50. The molecule has 1 aromatic carbocycles. The van der Waals surface area contributed by atoms with Gasteiger partial charge in [-0.3, -0.25) is 4.79 Å². The van der Waals surface area contributed by atoms with Gasteiger partial charge >= 0.3 is 5.97 Å². The first-order valence-electron chi connectivity index (χ1n) is 5.83. The molecule has 1 unspecified atom stereocenters. The number of Topliss-reactive ketones (excluding diaryl/α,β-unsaturated/α-hetero) is 1. The lowest BCUT2D eigenvalue weighted by Gasteiger charge is -2.13. The number of aliphatic hydroxyl groups is 2. The molecule has 0 spiro atoms. The molecule has 0 saturated carbocycles. The summed E-state index contributed by atoms with van der Waals surface area (Å²) in [6.07, 6.45) is -0.915. The van der Waals surface area contributed by atoms with Crippen LogP contribution in [0.2, 0.25) is 0 Å². The standard InChI is InChI=1S/C13H17NO5/c1-9(16)8-19-13(18)11-4-2-3-5-12(11)14-6-10(17)7-15/h2-5,10,14-15,17H,6-8H2,1H3. The average Bonchev–Trinajstić information content (AvgIpc) is 2.42. The molecule has 0 aliphatic carbocycles. The number of aliphatic hydroxyl groups excluding tert-OH is 2. The minimum absolute atomic E-state index is 0.105. The fourth-order valence-corrected chi connectivity index (χ4v) is 1.35. The molecule has 1 rings (SSSR count). The molecular weight excluding hydrogens is 250 g/mol. The molecule has 0 fully saturated rings. The lowest BCUT2D eigenvalue weighted by atomic mass is 10.1. The van der Waals surface area contributed by atoms with Crippen LogP contribution in [-0.2, 0) is 9.53 Å². The number of rotatable bonds is 7. The van der Waals surface area contributed by atoms with Crippen LogP contribution in [0.15, 0.2) is 24.3 Å². The van der Waals surface area contributed by atoms with Gasteiger partial charge in [-0.2, -0.15) is 0 Å². The Hall–Kier alpha value is -1.92. The molecule has 0 aromatic heterocycles. The number of hydrogen-bond donors (Lipinski definition) is 3. The summed E-state index contributed by atoms with van der Waals surface area (Å²) < 4.78 is 4.82. The fraction of sp³-hybridized carbons (Fsp3) is 0.385. The van der Waals surface area contributed by atoms with Gasteiger partial charge in [0.2, 0.25) is 0 Å². The molecule has 0 heterocycles. The molecular formula is C13H17NO5. The summed E-state index contributed by atoms with van der Waals surface area (Å²) in [7, 11) is 0. The molecule has 1 atom stereocenters. The number of ether oxygens (including phenoxy) is 1. The Balaban J connectivity index is 2.71. The van der Waals surface area contributed by atoms with E-state index in [0.717, 1.165) is 0 Å². The van der Waals surface area contributed by atoms with Gasteiger partial charge in [0.1, 0.15) is 6.61 Å². The second-order valence-electron chi connectivity index (χ2n) is 4.04. The Morgan fingerprint density at radius 3 is 2.68 bits per heavy atom. The molecule has 0 aliphatic rings. The highest BCUT2D eigenvalue weighted by molar-refractivity contribution is 5.96. The molecule has 0 saturated heterocycles. The lowest BCUT2D eigenvalue weighted by Crippen LogP contribution is -2.24. The Morgan fingerprint density at radius 2 is 2.05 bits per heavy atom. The maximum atomic E-state index is 11.8. The maximum absolute atomic E-state index is 11.8. The molecule has 0 aliphatic heterocycles. The van der Waals surface area contributed by atoms with Crippen molar-refractivity contribution in [2.24, 2.45) is 0 Å². The predicted octanol–water partition coefficient (Wildman–Crippen LogP) is 0.197. The fourth-order valence-electron chi connectivity index (χ4n) is 1.35. The predicted molar refractivity (Wildman–Crippen MR) is 69.0 cm³/mol. The number of benzene rings is 1. The van der Waals surface area contributed by atoms with Crippen LogP contribution in [0.1, 0.15) is 17.3 Å². The zero-order valence-corrected chi connectivity index (χ0v) is 10.6. The van der Waals surface area contributed by atoms with Crippen LogP contribution in [0.25, 0.3) is 0 Å². The smallest absolute Gasteiger partial charge is 0.340 e. The molecule has 0 bridgehead atoms. The van der Waals surface area contributed by atoms with Gasteiger partial charge in [-0.1, -0.05) is 12.1 Å². The van der Waals surface area contributed by atoms with E-state index in [0.29, 0.717) is 5.69 Å². The summed E-state index contributed by atoms with van der Waals surface area (Å²) in [6.45, 7) is 0.791. The summed E-state index contributed by atoms with van der Waals surface area (Å²) in [5, 5.41) is 20.8. The number of ketones is 1. The second-order valence-corrected chi connectivity index (χ2v) is 4.04.